The molecule has 0 aromatic heterocycles. The summed E-state index contributed by atoms with van der Waals surface area (Å²) in [5.74, 6) is 0.409. The van der Waals surface area contributed by atoms with E-state index in [0.717, 1.165) is 36.0 Å². The van der Waals surface area contributed by atoms with Gasteiger partial charge >= 0.3 is 17.9 Å². The molecular weight excluding hydrogens is 432 g/mol. The van der Waals surface area contributed by atoms with Gasteiger partial charge in [0.05, 0.1) is 0 Å². The molecule has 2 aromatic rings. The van der Waals surface area contributed by atoms with E-state index in [2.05, 4.69) is 13.8 Å². The Balaban J connectivity index is 2.07. The Kier molecular flexibility index (Phi) is 8.26. The molecule has 0 aliphatic heterocycles. The largest absolute Gasteiger partial charge is 0.462 e. The zero-order valence-corrected chi connectivity index (χ0v) is 20.4. The van der Waals surface area contributed by atoms with E-state index >= 15 is 0 Å². The van der Waals surface area contributed by atoms with Crippen LogP contribution in [0.2, 0.25) is 0 Å². The lowest BCUT2D eigenvalue weighted by Crippen LogP contribution is -2.35. The standard InChI is InChI=1S/C28H32O6/c1-6-25-17(2)26(15-16-27(25)34-20(5)31)28(21-7-11-23(12-8-21)32-18(3)29)22-9-13-24(14-10-22)33-19(4)30/h7-14,17,25,27H,6,15-16H2,1-5H3. The molecule has 3 atom stereocenters. The number of carbonyl (C=O) groups is 3. The monoisotopic (exact) mass is 464 g/mol. The first-order chi connectivity index (χ1) is 16.2. The number of benzene rings is 2. The van der Waals surface area contributed by atoms with E-state index in [1.807, 2.05) is 24.3 Å². The number of hydrogen-bond acceptors (Lipinski definition) is 6. The topological polar surface area (TPSA) is 78.9 Å². The van der Waals surface area contributed by atoms with Crippen LogP contribution in [0.5, 0.6) is 11.5 Å². The van der Waals surface area contributed by atoms with E-state index in [1.54, 1.807) is 24.3 Å². The normalized spacial score (nSPS) is 19.8. The first-order valence-electron chi connectivity index (χ1n) is 11.7. The van der Waals surface area contributed by atoms with E-state index in [0.29, 0.717) is 11.5 Å². The van der Waals surface area contributed by atoms with Crippen molar-refractivity contribution in [1.82, 2.24) is 0 Å². The first-order valence-corrected chi connectivity index (χ1v) is 11.7. The summed E-state index contributed by atoms with van der Waals surface area (Å²) in [5.41, 5.74) is 4.38. The van der Waals surface area contributed by atoms with Crippen LogP contribution < -0.4 is 9.47 Å². The van der Waals surface area contributed by atoms with Gasteiger partial charge in [-0.1, -0.05) is 43.7 Å². The summed E-state index contributed by atoms with van der Waals surface area (Å²) < 4.78 is 16.1. The lowest BCUT2D eigenvalue weighted by molar-refractivity contribution is -0.151. The molecule has 1 saturated carbocycles. The van der Waals surface area contributed by atoms with Gasteiger partial charge in [0.25, 0.3) is 0 Å². The molecule has 2 aromatic carbocycles. The summed E-state index contributed by atoms with van der Waals surface area (Å²) in [7, 11) is 0. The summed E-state index contributed by atoms with van der Waals surface area (Å²) in [4.78, 5) is 34.3. The van der Waals surface area contributed by atoms with Crippen LogP contribution in [0, 0.1) is 11.8 Å². The predicted octanol–water partition coefficient (Wildman–Crippen LogP) is 5.73. The molecule has 3 rings (SSSR count). The molecule has 0 heterocycles. The lowest BCUT2D eigenvalue weighted by atomic mass is 9.70. The highest BCUT2D eigenvalue weighted by molar-refractivity contribution is 5.83. The van der Waals surface area contributed by atoms with Crippen molar-refractivity contribution in [2.45, 2.75) is 60.0 Å². The summed E-state index contributed by atoms with van der Waals surface area (Å²) in [6, 6.07) is 15.0. The van der Waals surface area contributed by atoms with Crippen LogP contribution in [0.25, 0.3) is 5.57 Å². The fraction of sp³-hybridized carbons (Fsp3) is 0.393. The van der Waals surface area contributed by atoms with Crippen molar-refractivity contribution >= 4 is 23.5 Å². The number of rotatable bonds is 6. The van der Waals surface area contributed by atoms with Gasteiger partial charge in [0.15, 0.2) is 0 Å². The smallest absolute Gasteiger partial charge is 0.308 e. The van der Waals surface area contributed by atoms with Gasteiger partial charge < -0.3 is 14.2 Å². The molecule has 0 bridgehead atoms. The van der Waals surface area contributed by atoms with Gasteiger partial charge in [0, 0.05) is 26.7 Å². The number of esters is 3. The molecule has 1 aliphatic carbocycles. The predicted molar refractivity (Wildman–Crippen MR) is 129 cm³/mol. The molecular formula is C28H32O6. The molecule has 0 amide bonds. The van der Waals surface area contributed by atoms with E-state index in [9.17, 15) is 14.4 Å². The second-order valence-electron chi connectivity index (χ2n) is 8.68. The molecule has 1 aliphatic rings. The number of hydrogen-bond donors (Lipinski definition) is 0. The van der Waals surface area contributed by atoms with E-state index in [4.69, 9.17) is 14.2 Å². The van der Waals surface area contributed by atoms with Crippen molar-refractivity contribution in [2.75, 3.05) is 0 Å². The number of ether oxygens (including phenoxy) is 3. The average Bonchev–Trinajstić information content (AvgIpc) is 2.77. The number of allylic oxidation sites excluding steroid dienone is 1. The minimum absolute atomic E-state index is 0.0971. The Morgan fingerprint density at radius 3 is 1.65 bits per heavy atom. The quantitative estimate of drug-likeness (QED) is 0.401. The highest BCUT2D eigenvalue weighted by atomic mass is 16.5. The molecule has 0 spiro atoms. The fourth-order valence-electron chi connectivity index (χ4n) is 4.90. The zero-order chi connectivity index (χ0) is 24.8. The molecule has 0 saturated heterocycles. The minimum Gasteiger partial charge on any atom is -0.462 e. The Morgan fingerprint density at radius 1 is 0.794 bits per heavy atom. The summed E-state index contributed by atoms with van der Waals surface area (Å²) in [6.45, 7) is 8.53. The van der Waals surface area contributed by atoms with Crippen LogP contribution in [0.4, 0.5) is 0 Å². The van der Waals surface area contributed by atoms with Crippen molar-refractivity contribution < 1.29 is 28.6 Å². The van der Waals surface area contributed by atoms with Crippen LogP contribution in [0.1, 0.15) is 65.0 Å². The van der Waals surface area contributed by atoms with Crippen LogP contribution >= 0.6 is 0 Å². The second kappa shape index (κ2) is 11.1. The second-order valence-corrected chi connectivity index (χ2v) is 8.68. The molecule has 0 N–H and O–H groups in total. The average molecular weight is 465 g/mol. The van der Waals surface area contributed by atoms with Gasteiger partial charge in [-0.25, -0.2) is 0 Å². The molecule has 6 heteroatoms. The third-order valence-electron chi connectivity index (χ3n) is 6.29. The third-order valence-corrected chi connectivity index (χ3v) is 6.29. The van der Waals surface area contributed by atoms with Crippen molar-refractivity contribution in [2.24, 2.45) is 11.8 Å². The van der Waals surface area contributed by atoms with Crippen molar-refractivity contribution in [3.8, 4) is 11.5 Å². The fourth-order valence-corrected chi connectivity index (χ4v) is 4.90. The van der Waals surface area contributed by atoms with E-state index in [1.165, 1.54) is 26.3 Å². The maximum atomic E-state index is 11.6. The van der Waals surface area contributed by atoms with Gasteiger partial charge in [-0.15, -0.1) is 0 Å². The van der Waals surface area contributed by atoms with Crippen LogP contribution in [0.3, 0.4) is 0 Å². The van der Waals surface area contributed by atoms with Crippen LogP contribution in [0.15, 0.2) is 54.1 Å². The summed E-state index contributed by atoms with van der Waals surface area (Å²) in [5, 5.41) is 0. The number of carbonyl (C=O) groups excluding carboxylic acids is 3. The third kappa shape index (κ3) is 6.13. The molecule has 3 unspecified atom stereocenters. The molecule has 6 nitrogen and oxygen atoms in total. The summed E-state index contributed by atoms with van der Waals surface area (Å²) in [6.07, 6.45) is 2.35. The Bertz CT molecular complexity index is 1000. The molecule has 180 valence electrons. The zero-order valence-electron chi connectivity index (χ0n) is 20.4. The van der Waals surface area contributed by atoms with E-state index < -0.39 is 0 Å². The highest BCUT2D eigenvalue weighted by Gasteiger charge is 2.36. The van der Waals surface area contributed by atoms with Crippen LogP contribution in [-0.2, 0) is 19.1 Å². The van der Waals surface area contributed by atoms with Crippen molar-refractivity contribution in [3.63, 3.8) is 0 Å². The SMILES string of the molecule is CCC1C(OC(C)=O)CCC(=C(c2ccc(OC(C)=O)cc2)c2ccc(OC(C)=O)cc2)C1C. The van der Waals surface area contributed by atoms with Crippen LogP contribution in [-0.4, -0.2) is 24.0 Å². The molecule has 1 fully saturated rings. The Labute approximate surface area is 200 Å². The molecule has 0 radical (unpaired) electrons. The van der Waals surface area contributed by atoms with Gasteiger partial charge in [-0.05, 0) is 66.1 Å². The van der Waals surface area contributed by atoms with Gasteiger partial charge in [0.2, 0.25) is 0 Å². The highest BCUT2D eigenvalue weighted by Crippen LogP contribution is 2.43. The first kappa shape index (κ1) is 25.2. The van der Waals surface area contributed by atoms with Gasteiger partial charge in [-0.3, -0.25) is 14.4 Å². The Morgan fingerprint density at radius 2 is 1.26 bits per heavy atom. The Hall–Kier alpha value is -3.41. The lowest BCUT2D eigenvalue weighted by Gasteiger charge is -2.38. The van der Waals surface area contributed by atoms with Gasteiger partial charge in [-0.2, -0.15) is 0 Å². The van der Waals surface area contributed by atoms with E-state index in [-0.39, 0.29) is 35.8 Å². The summed E-state index contributed by atoms with van der Waals surface area (Å²) >= 11 is 0. The minimum atomic E-state index is -0.365. The maximum Gasteiger partial charge on any atom is 0.308 e. The maximum absolute atomic E-state index is 11.6. The van der Waals surface area contributed by atoms with Crippen molar-refractivity contribution in [1.29, 1.82) is 0 Å². The van der Waals surface area contributed by atoms with Gasteiger partial charge in [0.1, 0.15) is 17.6 Å². The molecule has 34 heavy (non-hydrogen) atoms. The van der Waals surface area contributed by atoms with Crippen molar-refractivity contribution in [3.05, 3.63) is 65.2 Å².